The Morgan fingerprint density at radius 3 is 2.65 bits per heavy atom. The zero-order chi connectivity index (χ0) is 18.7. The number of hydrogen-bond acceptors (Lipinski definition) is 4. The highest BCUT2D eigenvalue weighted by Crippen LogP contribution is 2.15. The van der Waals surface area contributed by atoms with Crippen LogP contribution >= 0.6 is 0 Å². The first-order valence-corrected chi connectivity index (χ1v) is 8.51. The topological polar surface area (TPSA) is 68.0 Å². The summed E-state index contributed by atoms with van der Waals surface area (Å²) in [5, 5.41) is 11.5. The zero-order valence-electron chi connectivity index (χ0n) is 15.6. The zero-order valence-corrected chi connectivity index (χ0v) is 15.6. The number of amides is 1. The monoisotopic (exact) mass is 352 g/mol. The van der Waals surface area contributed by atoms with Gasteiger partial charge in [0.25, 0.3) is 0 Å². The van der Waals surface area contributed by atoms with Crippen LogP contribution in [0.2, 0.25) is 0 Å². The van der Waals surface area contributed by atoms with E-state index in [0.717, 1.165) is 22.6 Å². The molecule has 26 heavy (non-hydrogen) atoms. The summed E-state index contributed by atoms with van der Waals surface area (Å²) in [7, 11) is 3.74. The fourth-order valence-corrected chi connectivity index (χ4v) is 2.95. The second-order valence-electron chi connectivity index (χ2n) is 6.60. The molecule has 0 aliphatic rings. The maximum atomic E-state index is 12.1. The SMILES string of the molecule is Cc1cc(C)n(-c2cccc(CN(C)CC(=O)Nc3ccn(C)n3)c2)n1. The fraction of sp³-hybridized carbons (Fsp3) is 0.316. The van der Waals surface area contributed by atoms with E-state index in [0.29, 0.717) is 18.9 Å². The molecular formula is C19H24N6O. The summed E-state index contributed by atoms with van der Waals surface area (Å²) in [6.07, 6.45) is 1.80. The summed E-state index contributed by atoms with van der Waals surface area (Å²) in [4.78, 5) is 14.1. The minimum absolute atomic E-state index is 0.0825. The number of nitrogens with zero attached hydrogens (tertiary/aromatic N) is 5. The number of nitrogens with one attached hydrogen (secondary N) is 1. The van der Waals surface area contributed by atoms with Gasteiger partial charge in [-0.15, -0.1) is 0 Å². The van der Waals surface area contributed by atoms with Crippen LogP contribution in [0, 0.1) is 13.8 Å². The average Bonchev–Trinajstić information content (AvgIpc) is 3.12. The van der Waals surface area contributed by atoms with Crippen molar-refractivity contribution in [1.82, 2.24) is 24.5 Å². The van der Waals surface area contributed by atoms with Crippen molar-refractivity contribution >= 4 is 11.7 Å². The van der Waals surface area contributed by atoms with E-state index in [1.54, 1.807) is 16.9 Å². The summed E-state index contributed by atoms with van der Waals surface area (Å²) >= 11 is 0. The molecule has 7 heteroatoms. The average molecular weight is 352 g/mol. The first-order chi connectivity index (χ1) is 12.4. The predicted octanol–water partition coefficient (Wildman–Crippen LogP) is 2.29. The third kappa shape index (κ3) is 4.37. The van der Waals surface area contributed by atoms with E-state index >= 15 is 0 Å². The van der Waals surface area contributed by atoms with Crippen LogP contribution < -0.4 is 5.32 Å². The Bertz CT molecular complexity index is 910. The van der Waals surface area contributed by atoms with Gasteiger partial charge in [-0.1, -0.05) is 12.1 Å². The lowest BCUT2D eigenvalue weighted by atomic mass is 10.2. The van der Waals surface area contributed by atoms with Gasteiger partial charge in [-0.2, -0.15) is 10.2 Å². The van der Waals surface area contributed by atoms with Gasteiger partial charge < -0.3 is 5.32 Å². The first-order valence-electron chi connectivity index (χ1n) is 8.51. The van der Waals surface area contributed by atoms with Crippen LogP contribution in [-0.2, 0) is 18.4 Å². The van der Waals surface area contributed by atoms with Crippen LogP contribution in [0.4, 0.5) is 5.82 Å². The fourth-order valence-electron chi connectivity index (χ4n) is 2.95. The number of hydrogen-bond donors (Lipinski definition) is 1. The molecular weight excluding hydrogens is 328 g/mol. The molecule has 3 aromatic rings. The Kier molecular flexibility index (Phi) is 5.18. The summed E-state index contributed by atoms with van der Waals surface area (Å²) in [5.74, 6) is 0.485. The summed E-state index contributed by atoms with van der Waals surface area (Å²) in [6, 6.07) is 12.0. The maximum Gasteiger partial charge on any atom is 0.239 e. The number of aromatic nitrogens is 4. The number of likely N-dealkylation sites (N-methyl/N-ethyl adjacent to an activating group) is 1. The van der Waals surface area contributed by atoms with Gasteiger partial charge in [0.2, 0.25) is 5.91 Å². The standard InChI is InChI=1S/C19H24N6O/c1-14-10-15(2)25(21-14)17-7-5-6-16(11-17)12-23(3)13-19(26)20-18-8-9-24(4)22-18/h5-11H,12-13H2,1-4H3,(H,20,22,26). The maximum absolute atomic E-state index is 12.1. The number of rotatable bonds is 6. The molecule has 0 aliphatic carbocycles. The van der Waals surface area contributed by atoms with Gasteiger partial charge in [-0.05, 0) is 44.7 Å². The van der Waals surface area contributed by atoms with Gasteiger partial charge in [0, 0.05) is 31.5 Å². The molecule has 1 amide bonds. The Hall–Kier alpha value is -2.93. The largest absolute Gasteiger partial charge is 0.308 e. The van der Waals surface area contributed by atoms with Gasteiger partial charge in [-0.25, -0.2) is 4.68 Å². The van der Waals surface area contributed by atoms with E-state index in [1.807, 2.05) is 49.7 Å². The molecule has 0 radical (unpaired) electrons. The second kappa shape index (κ2) is 7.53. The van der Waals surface area contributed by atoms with Crippen molar-refractivity contribution in [2.24, 2.45) is 7.05 Å². The molecule has 0 unspecified atom stereocenters. The molecule has 0 atom stereocenters. The minimum Gasteiger partial charge on any atom is -0.308 e. The van der Waals surface area contributed by atoms with Crippen molar-refractivity contribution in [2.45, 2.75) is 20.4 Å². The Morgan fingerprint density at radius 1 is 1.19 bits per heavy atom. The van der Waals surface area contributed by atoms with Crippen LogP contribution in [0.15, 0.2) is 42.6 Å². The van der Waals surface area contributed by atoms with Crippen molar-refractivity contribution in [3.8, 4) is 5.69 Å². The Balaban J connectivity index is 1.62. The van der Waals surface area contributed by atoms with Crippen molar-refractivity contribution in [3.63, 3.8) is 0 Å². The number of benzene rings is 1. The molecule has 0 spiro atoms. The first kappa shape index (κ1) is 17.9. The summed E-state index contributed by atoms with van der Waals surface area (Å²) in [5.41, 5.74) is 4.25. The molecule has 0 bridgehead atoms. The van der Waals surface area contributed by atoms with Crippen molar-refractivity contribution in [2.75, 3.05) is 18.9 Å². The van der Waals surface area contributed by atoms with E-state index in [2.05, 4.69) is 33.7 Å². The van der Waals surface area contributed by atoms with Crippen molar-refractivity contribution < 1.29 is 4.79 Å². The van der Waals surface area contributed by atoms with Gasteiger partial charge in [-0.3, -0.25) is 14.4 Å². The lowest BCUT2D eigenvalue weighted by Crippen LogP contribution is -2.30. The Morgan fingerprint density at radius 2 is 2.00 bits per heavy atom. The normalized spacial score (nSPS) is 11.1. The number of aryl methyl sites for hydroxylation is 3. The van der Waals surface area contributed by atoms with E-state index in [4.69, 9.17) is 0 Å². The highest BCUT2D eigenvalue weighted by atomic mass is 16.2. The summed E-state index contributed by atoms with van der Waals surface area (Å²) in [6.45, 7) is 4.99. The van der Waals surface area contributed by atoms with Crippen LogP contribution in [0.3, 0.4) is 0 Å². The lowest BCUT2D eigenvalue weighted by molar-refractivity contribution is -0.117. The molecule has 0 saturated heterocycles. The van der Waals surface area contributed by atoms with Crippen LogP contribution in [0.5, 0.6) is 0 Å². The number of anilines is 1. The number of carbonyl (C=O) groups excluding carboxylic acids is 1. The third-order valence-electron chi connectivity index (χ3n) is 4.01. The molecule has 1 N–H and O–H groups in total. The third-order valence-corrected chi connectivity index (χ3v) is 4.01. The van der Waals surface area contributed by atoms with Crippen LogP contribution in [0.1, 0.15) is 17.0 Å². The van der Waals surface area contributed by atoms with E-state index in [9.17, 15) is 4.79 Å². The molecule has 3 rings (SSSR count). The van der Waals surface area contributed by atoms with Gasteiger partial charge in [0.15, 0.2) is 5.82 Å². The molecule has 0 fully saturated rings. The molecule has 0 saturated carbocycles. The van der Waals surface area contributed by atoms with E-state index in [1.165, 1.54) is 0 Å². The predicted molar refractivity (Wildman–Crippen MR) is 101 cm³/mol. The molecule has 2 aromatic heterocycles. The van der Waals surface area contributed by atoms with Crippen LogP contribution in [0.25, 0.3) is 5.69 Å². The van der Waals surface area contributed by atoms with E-state index < -0.39 is 0 Å². The smallest absolute Gasteiger partial charge is 0.239 e. The van der Waals surface area contributed by atoms with E-state index in [-0.39, 0.29) is 5.91 Å². The molecule has 7 nitrogen and oxygen atoms in total. The minimum atomic E-state index is -0.0825. The van der Waals surface area contributed by atoms with Gasteiger partial charge in [0.05, 0.1) is 17.9 Å². The molecule has 136 valence electrons. The van der Waals surface area contributed by atoms with Crippen LogP contribution in [-0.4, -0.2) is 44.0 Å². The van der Waals surface area contributed by atoms with Crippen molar-refractivity contribution in [1.29, 1.82) is 0 Å². The van der Waals surface area contributed by atoms with Gasteiger partial charge in [0.1, 0.15) is 0 Å². The molecule has 1 aromatic carbocycles. The second-order valence-corrected chi connectivity index (χ2v) is 6.60. The Labute approximate surface area is 153 Å². The number of carbonyl (C=O) groups is 1. The molecule has 0 aliphatic heterocycles. The quantitative estimate of drug-likeness (QED) is 0.739. The summed E-state index contributed by atoms with van der Waals surface area (Å²) < 4.78 is 3.59. The molecule has 2 heterocycles. The lowest BCUT2D eigenvalue weighted by Gasteiger charge is -2.16. The van der Waals surface area contributed by atoms with Crippen molar-refractivity contribution in [3.05, 3.63) is 59.5 Å². The van der Waals surface area contributed by atoms with Gasteiger partial charge >= 0.3 is 0 Å². The highest BCUT2D eigenvalue weighted by Gasteiger charge is 2.10. The highest BCUT2D eigenvalue weighted by molar-refractivity contribution is 5.91.